The summed E-state index contributed by atoms with van der Waals surface area (Å²) in [6.07, 6.45) is 1.31. The Morgan fingerprint density at radius 3 is 2.53 bits per heavy atom. The number of hydrogen-bond donors (Lipinski definition) is 1. The van der Waals surface area contributed by atoms with Gasteiger partial charge >= 0.3 is 0 Å². The molecule has 0 radical (unpaired) electrons. The highest BCUT2D eigenvalue weighted by Crippen LogP contribution is 2.11. The van der Waals surface area contributed by atoms with Crippen LogP contribution in [0.4, 0.5) is 0 Å². The average Bonchev–Trinajstić information content (AvgIpc) is 2.22. The normalized spacial score (nSPS) is 12.5. The zero-order valence-corrected chi connectivity index (χ0v) is 11.0. The van der Waals surface area contributed by atoms with Crippen LogP contribution in [-0.4, -0.2) is 12.3 Å². The van der Waals surface area contributed by atoms with Gasteiger partial charge in [0.25, 0.3) is 0 Å². The zero-order valence-electron chi connectivity index (χ0n) is 8.87. The van der Waals surface area contributed by atoms with Gasteiger partial charge in [-0.25, -0.2) is 0 Å². The van der Waals surface area contributed by atoms with Crippen molar-refractivity contribution in [2.45, 2.75) is 19.8 Å². The molecule has 0 aliphatic heterocycles. The number of carbonyl (C=O) groups is 1. The van der Waals surface area contributed by atoms with Crippen molar-refractivity contribution in [3.63, 3.8) is 0 Å². The van der Waals surface area contributed by atoms with Crippen molar-refractivity contribution in [3.05, 3.63) is 33.4 Å². The molecule has 0 aromatic heterocycles. The smallest absolute Gasteiger partial charge is 0.140 e. The van der Waals surface area contributed by atoms with E-state index in [2.05, 4.69) is 22.6 Å². The van der Waals surface area contributed by atoms with Gasteiger partial charge in [-0.2, -0.15) is 0 Å². The Morgan fingerprint density at radius 1 is 1.40 bits per heavy atom. The monoisotopic (exact) mass is 317 g/mol. The number of hydrogen-bond acceptors (Lipinski definition) is 2. The van der Waals surface area contributed by atoms with Crippen molar-refractivity contribution in [2.75, 3.05) is 6.54 Å². The summed E-state index contributed by atoms with van der Waals surface area (Å²) >= 11 is 2.26. The maximum Gasteiger partial charge on any atom is 0.140 e. The summed E-state index contributed by atoms with van der Waals surface area (Å²) in [7, 11) is 0. The van der Waals surface area contributed by atoms with Crippen molar-refractivity contribution in [1.29, 1.82) is 0 Å². The molecule has 0 saturated heterocycles. The van der Waals surface area contributed by atoms with Gasteiger partial charge in [-0.3, -0.25) is 4.79 Å². The first-order valence-electron chi connectivity index (χ1n) is 5.10. The SMILES string of the molecule is CC(CCN)C(=O)Cc1ccc(I)cc1. The van der Waals surface area contributed by atoms with Gasteiger partial charge in [-0.15, -0.1) is 0 Å². The second kappa shape index (κ2) is 6.23. The molecule has 15 heavy (non-hydrogen) atoms. The van der Waals surface area contributed by atoms with Gasteiger partial charge < -0.3 is 5.73 Å². The Bertz CT molecular complexity index is 321. The molecule has 0 heterocycles. The van der Waals surface area contributed by atoms with E-state index in [9.17, 15) is 4.79 Å². The summed E-state index contributed by atoms with van der Waals surface area (Å²) in [6.45, 7) is 2.53. The Hall–Kier alpha value is -0.420. The number of Topliss-reactive ketones (excluding diaryl/α,β-unsaturated/α-hetero) is 1. The Morgan fingerprint density at radius 2 is 2.00 bits per heavy atom. The van der Waals surface area contributed by atoms with E-state index in [-0.39, 0.29) is 11.7 Å². The molecule has 0 bridgehead atoms. The third-order valence-electron chi connectivity index (χ3n) is 2.44. The van der Waals surface area contributed by atoms with Crippen LogP contribution in [-0.2, 0) is 11.2 Å². The van der Waals surface area contributed by atoms with Crippen LogP contribution in [0.2, 0.25) is 0 Å². The molecule has 82 valence electrons. The molecular formula is C12H16INO. The molecular weight excluding hydrogens is 301 g/mol. The van der Waals surface area contributed by atoms with Crippen LogP contribution in [0.5, 0.6) is 0 Å². The highest BCUT2D eigenvalue weighted by Gasteiger charge is 2.12. The van der Waals surface area contributed by atoms with Crippen LogP contribution in [0, 0.1) is 9.49 Å². The van der Waals surface area contributed by atoms with Gasteiger partial charge in [0, 0.05) is 15.9 Å². The van der Waals surface area contributed by atoms with Crippen molar-refractivity contribution < 1.29 is 4.79 Å². The average molecular weight is 317 g/mol. The van der Waals surface area contributed by atoms with Crippen LogP contribution < -0.4 is 5.73 Å². The maximum absolute atomic E-state index is 11.7. The number of carbonyl (C=O) groups excluding carboxylic acids is 1. The molecule has 1 unspecified atom stereocenters. The van der Waals surface area contributed by atoms with E-state index in [1.54, 1.807) is 0 Å². The van der Waals surface area contributed by atoms with Crippen LogP contribution in [0.3, 0.4) is 0 Å². The third kappa shape index (κ3) is 4.30. The van der Waals surface area contributed by atoms with Gasteiger partial charge in [0.05, 0.1) is 0 Å². The van der Waals surface area contributed by atoms with Crippen LogP contribution >= 0.6 is 22.6 Å². The lowest BCUT2D eigenvalue weighted by atomic mass is 9.97. The minimum atomic E-state index is 0.0780. The molecule has 1 atom stereocenters. The number of ketones is 1. The Balaban J connectivity index is 2.54. The second-order valence-electron chi connectivity index (χ2n) is 3.75. The van der Waals surface area contributed by atoms with Gasteiger partial charge in [0.1, 0.15) is 5.78 Å². The molecule has 1 aromatic rings. The largest absolute Gasteiger partial charge is 0.330 e. The predicted molar refractivity (Wildman–Crippen MR) is 70.7 cm³/mol. The summed E-state index contributed by atoms with van der Waals surface area (Å²) in [6, 6.07) is 8.07. The maximum atomic E-state index is 11.7. The van der Waals surface area contributed by atoms with Crippen molar-refractivity contribution >= 4 is 28.4 Å². The fraction of sp³-hybridized carbons (Fsp3) is 0.417. The first kappa shape index (κ1) is 12.6. The van der Waals surface area contributed by atoms with Crippen molar-refractivity contribution in [2.24, 2.45) is 11.7 Å². The van der Waals surface area contributed by atoms with E-state index >= 15 is 0 Å². The quantitative estimate of drug-likeness (QED) is 0.848. The van der Waals surface area contributed by atoms with Gasteiger partial charge in [-0.05, 0) is 53.3 Å². The van der Waals surface area contributed by atoms with Crippen LogP contribution in [0.25, 0.3) is 0 Å². The summed E-state index contributed by atoms with van der Waals surface area (Å²) in [5.74, 6) is 0.357. The predicted octanol–water partition coefficient (Wildman–Crippen LogP) is 2.39. The van der Waals surface area contributed by atoms with Gasteiger partial charge in [0.2, 0.25) is 0 Å². The summed E-state index contributed by atoms with van der Waals surface area (Å²) < 4.78 is 1.19. The number of halogens is 1. The van der Waals surface area contributed by atoms with E-state index in [1.807, 2.05) is 31.2 Å². The van der Waals surface area contributed by atoms with E-state index in [1.165, 1.54) is 3.57 Å². The van der Waals surface area contributed by atoms with Crippen molar-refractivity contribution in [3.8, 4) is 0 Å². The first-order chi connectivity index (χ1) is 7.13. The third-order valence-corrected chi connectivity index (χ3v) is 3.16. The van der Waals surface area contributed by atoms with Crippen molar-refractivity contribution in [1.82, 2.24) is 0 Å². The van der Waals surface area contributed by atoms with E-state index in [0.29, 0.717) is 13.0 Å². The highest BCUT2D eigenvalue weighted by atomic mass is 127. The number of rotatable bonds is 5. The topological polar surface area (TPSA) is 43.1 Å². The fourth-order valence-corrected chi connectivity index (χ4v) is 1.75. The molecule has 0 spiro atoms. The molecule has 0 amide bonds. The van der Waals surface area contributed by atoms with Crippen LogP contribution in [0.1, 0.15) is 18.9 Å². The summed E-state index contributed by atoms with van der Waals surface area (Å²) in [5, 5.41) is 0. The molecule has 1 aromatic carbocycles. The van der Waals surface area contributed by atoms with E-state index in [4.69, 9.17) is 5.73 Å². The standard InChI is InChI=1S/C12H16INO/c1-9(6-7-14)12(15)8-10-2-4-11(13)5-3-10/h2-5,9H,6-8,14H2,1H3. The van der Waals surface area contributed by atoms with Gasteiger partial charge in [-0.1, -0.05) is 19.1 Å². The zero-order chi connectivity index (χ0) is 11.3. The minimum Gasteiger partial charge on any atom is -0.330 e. The lowest BCUT2D eigenvalue weighted by Gasteiger charge is -2.08. The highest BCUT2D eigenvalue weighted by molar-refractivity contribution is 14.1. The molecule has 2 N–H and O–H groups in total. The van der Waals surface area contributed by atoms with Crippen LogP contribution in [0.15, 0.2) is 24.3 Å². The number of nitrogens with two attached hydrogens (primary N) is 1. The second-order valence-corrected chi connectivity index (χ2v) is 4.99. The molecule has 2 nitrogen and oxygen atoms in total. The van der Waals surface area contributed by atoms with Gasteiger partial charge in [0.15, 0.2) is 0 Å². The van der Waals surface area contributed by atoms with E-state index in [0.717, 1.165) is 12.0 Å². The molecule has 0 aliphatic carbocycles. The summed E-state index contributed by atoms with van der Waals surface area (Å²) in [4.78, 5) is 11.7. The Labute approximate surface area is 104 Å². The molecule has 0 saturated carbocycles. The molecule has 0 fully saturated rings. The lowest BCUT2D eigenvalue weighted by molar-refractivity contribution is -0.121. The van der Waals surface area contributed by atoms with E-state index < -0.39 is 0 Å². The summed E-state index contributed by atoms with van der Waals surface area (Å²) in [5.41, 5.74) is 6.51. The molecule has 1 rings (SSSR count). The minimum absolute atomic E-state index is 0.0780. The Kier molecular flexibility index (Phi) is 5.25. The first-order valence-corrected chi connectivity index (χ1v) is 6.18. The molecule has 3 heteroatoms. The molecule has 0 aliphatic rings. The number of benzene rings is 1. The fourth-order valence-electron chi connectivity index (χ4n) is 1.39. The lowest BCUT2D eigenvalue weighted by Crippen LogP contribution is -2.17.